The van der Waals surface area contributed by atoms with Gasteiger partial charge in [0.15, 0.2) is 8.32 Å². The van der Waals surface area contributed by atoms with E-state index in [-0.39, 0.29) is 0 Å². The molecule has 0 amide bonds. The molecule has 0 aromatic rings. The molecule has 0 aromatic carbocycles. The summed E-state index contributed by atoms with van der Waals surface area (Å²) in [5.41, 5.74) is 2.07. The van der Waals surface area contributed by atoms with E-state index in [4.69, 9.17) is 4.43 Å². The number of rotatable bonds is 7. The van der Waals surface area contributed by atoms with Crippen LogP contribution in [-0.2, 0) is 4.43 Å². The van der Waals surface area contributed by atoms with Crippen LogP contribution in [-0.4, -0.2) is 14.9 Å². The van der Waals surface area contributed by atoms with Crippen LogP contribution in [0.25, 0.3) is 0 Å². The molecule has 0 radical (unpaired) electrons. The van der Waals surface area contributed by atoms with Crippen LogP contribution in [0.5, 0.6) is 0 Å². The molecule has 0 bridgehead atoms. The van der Waals surface area contributed by atoms with Crippen LogP contribution >= 0.6 is 0 Å². The Morgan fingerprint density at radius 2 is 1.88 bits per heavy atom. The van der Waals surface area contributed by atoms with Gasteiger partial charge in [0.2, 0.25) is 0 Å². The van der Waals surface area contributed by atoms with Gasteiger partial charge in [-0.05, 0) is 69.0 Å². The molecule has 2 heteroatoms. The molecule has 0 N–H and O–H groups in total. The van der Waals surface area contributed by atoms with Crippen LogP contribution in [0.1, 0.15) is 39.0 Å². The van der Waals surface area contributed by atoms with Gasteiger partial charge in [0, 0.05) is 12.5 Å². The Bertz CT molecular complexity index is 551. The summed E-state index contributed by atoms with van der Waals surface area (Å²) in [7, 11) is -1.39. The first kappa shape index (κ1) is 17.9. The summed E-state index contributed by atoms with van der Waals surface area (Å²) in [6.45, 7) is 10.3. The van der Waals surface area contributed by atoms with Crippen LogP contribution in [0.4, 0.5) is 0 Å². The molecule has 1 saturated carbocycles. The minimum Gasteiger partial charge on any atom is -0.418 e. The maximum atomic E-state index is 6.13. The van der Waals surface area contributed by atoms with Crippen LogP contribution in [0, 0.1) is 23.2 Å². The molecule has 0 saturated heterocycles. The van der Waals surface area contributed by atoms with Gasteiger partial charge in [-0.1, -0.05) is 55.0 Å². The Hall–Kier alpha value is -0.863. The molecule has 3 atom stereocenters. The molecule has 0 aliphatic heterocycles. The van der Waals surface area contributed by atoms with Gasteiger partial charge < -0.3 is 4.43 Å². The average Bonchev–Trinajstić information content (AvgIpc) is 3.20. The largest absolute Gasteiger partial charge is 0.418 e. The van der Waals surface area contributed by atoms with Gasteiger partial charge in [0.1, 0.15) is 0 Å². The monoisotopic (exact) mass is 342 g/mol. The Balaban J connectivity index is 1.73. The summed E-state index contributed by atoms with van der Waals surface area (Å²) >= 11 is 0. The highest BCUT2D eigenvalue weighted by molar-refractivity contribution is 6.69. The van der Waals surface area contributed by atoms with Crippen LogP contribution in [0.15, 0.2) is 48.1 Å². The third-order valence-corrected chi connectivity index (χ3v) is 7.29. The zero-order valence-corrected chi connectivity index (χ0v) is 16.9. The second kappa shape index (κ2) is 7.17. The molecular formula is C22H34OSi. The Labute approximate surface area is 149 Å². The molecule has 0 heterocycles. The van der Waals surface area contributed by atoms with Crippen LogP contribution in [0.3, 0.4) is 0 Å². The van der Waals surface area contributed by atoms with E-state index in [0.717, 1.165) is 18.4 Å². The number of fused-ring (bicyclic) bond motifs is 1. The van der Waals surface area contributed by atoms with E-state index < -0.39 is 8.32 Å². The highest BCUT2D eigenvalue weighted by Gasteiger charge is 2.45. The van der Waals surface area contributed by atoms with Crippen molar-refractivity contribution < 1.29 is 4.43 Å². The van der Waals surface area contributed by atoms with Crippen molar-refractivity contribution >= 4 is 8.32 Å². The molecule has 1 nitrogen and oxygen atoms in total. The molecule has 24 heavy (non-hydrogen) atoms. The molecule has 1 fully saturated rings. The molecule has 3 aliphatic carbocycles. The summed E-state index contributed by atoms with van der Waals surface area (Å²) in [5.74, 6) is 2.13. The van der Waals surface area contributed by atoms with E-state index in [9.17, 15) is 0 Å². The Morgan fingerprint density at radius 3 is 2.58 bits per heavy atom. The lowest BCUT2D eigenvalue weighted by Gasteiger charge is -2.41. The minimum absolute atomic E-state index is 0.331. The van der Waals surface area contributed by atoms with Gasteiger partial charge in [-0.25, -0.2) is 0 Å². The van der Waals surface area contributed by atoms with E-state index >= 15 is 0 Å². The standard InChI is InChI=1S/C22H34OSi/c1-22(19-11-6-7-12-19,16-9-17-23-24(2,3)4)21-15-14-18-10-5-8-13-20(18)21/h5-8,11-13,18-19,21H,9-10,14-17H2,1-4H3. The van der Waals surface area contributed by atoms with Crippen molar-refractivity contribution in [2.45, 2.75) is 58.7 Å². The number of allylic oxidation sites excluding steroid dienone is 8. The number of hydrogen-bond donors (Lipinski definition) is 0. The molecule has 132 valence electrons. The molecule has 3 unspecified atom stereocenters. The molecule has 3 rings (SSSR count). The first-order valence-electron chi connectivity index (χ1n) is 9.76. The van der Waals surface area contributed by atoms with E-state index in [1.165, 1.54) is 32.1 Å². The van der Waals surface area contributed by atoms with Gasteiger partial charge in [-0.15, -0.1) is 0 Å². The van der Waals surface area contributed by atoms with Crippen molar-refractivity contribution in [2.24, 2.45) is 23.2 Å². The van der Waals surface area contributed by atoms with Crippen molar-refractivity contribution in [3.05, 3.63) is 48.1 Å². The van der Waals surface area contributed by atoms with Crippen molar-refractivity contribution in [3.63, 3.8) is 0 Å². The predicted octanol–water partition coefficient (Wildman–Crippen LogP) is 6.28. The first-order chi connectivity index (χ1) is 11.4. The van der Waals surface area contributed by atoms with Gasteiger partial charge in [-0.2, -0.15) is 0 Å². The fourth-order valence-electron chi connectivity index (χ4n) is 4.90. The Kier molecular flexibility index (Phi) is 5.36. The second-order valence-electron chi connectivity index (χ2n) is 9.02. The fourth-order valence-corrected chi connectivity index (χ4v) is 5.66. The quantitative estimate of drug-likeness (QED) is 0.391. The fraction of sp³-hybridized carbons (Fsp3) is 0.636. The second-order valence-corrected chi connectivity index (χ2v) is 13.5. The third-order valence-electron chi connectivity index (χ3n) is 6.22. The zero-order chi connectivity index (χ0) is 17.2. The van der Waals surface area contributed by atoms with Crippen molar-refractivity contribution in [1.29, 1.82) is 0 Å². The lowest BCUT2D eigenvalue weighted by atomic mass is 9.63. The smallest absolute Gasteiger partial charge is 0.183 e. The lowest BCUT2D eigenvalue weighted by Crippen LogP contribution is -2.34. The number of hydrogen-bond acceptors (Lipinski definition) is 1. The normalized spacial score (nSPS) is 28.9. The molecule has 0 spiro atoms. The summed E-state index contributed by atoms with van der Waals surface area (Å²) in [5, 5.41) is 0. The molecular weight excluding hydrogens is 308 g/mol. The van der Waals surface area contributed by atoms with Crippen molar-refractivity contribution in [2.75, 3.05) is 6.61 Å². The Morgan fingerprint density at radius 1 is 1.12 bits per heavy atom. The van der Waals surface area contributed by atoms with Crippen LogP contribution < -0.4 is 0 Å². The van der Waals surface area contributed by atoms with Gasteiger partial charge in [-0.3, -0.25) is 0 Å². The first-order valence-corrected chi connectivity index (χ1v) is 13.2. The van der Waals surface area contributed by atoms with Gasteiger partial charge >= 0.3 is 0 Å². The summed E-state index contributed by atoms with van der Waals surface area (Å²) in [6.07, 6.45) is 22.8. The summed E-state index contributed by atoms with van der Waals surface area (Å²) in [4.78, 5) is 0. The van der Waals surface area contributed by atoms with Gasteiger partial charge in [0.05, 0.1) is 0 Å². The maximum absolute atomic E-state index is 6.13. The summed E-state index contributed by atoms with van der Waals surface area (Å²) < 4.78 is 6.13. The van der Waals surface area contributed by atoms with E-state index in [2.05, 4.69) is 69.1 Å². The zero-order valence-electron chi connectivity index (χ0n) is 15.9. The highest BCUT2D eigenvalue weighted by Crippen LogP contribution is 2.55. The van der Waals surface area contributed by atoms with Crippen molar-refractivity contribution in [1.82, 2.24) is 0 Å². The predicted molar refractivity (Wildman–Crippen MR) is 106 cm³/mol. The lowest BCUT2D eigenvalue weighted by molar-refractivity contribution is 0.143. The molecule has 0 aromatic heterocycles. The van der Waals surface area contributed by atoms with E-state index in [0.29, 0.717) is 11.3 Å². The minimum atomic E-state index is -1.39. The van der Waals surface area contributed by atoms with Crippen LogP contribution in [0.2, 0.25) is 19.6 Å². The molecule has 3 aliphatic rings. The average molecular weight is 343 g/mol. The van der Waals surface area contributed by atoms with Gasteiger partial charge in [0.25, 0.3) is 0 Å². The summed E-state index contributed by atoms with van der Waals surface area (Å²) in [6, 6.07) is 0. The SMILES string of the molecule is CC(CCCO[Si](C)(C)C)(C1C=CC=C1)C1CCC2CC=CC=C21. The third kappa shape index (κ3) is 3.86. The maximum Gasteiger partial charge on any atom is 0.183 e. The highest BCUT2D eigenvalue weighted by atomic mass is 28.4. The van der Waals surface area contributed by atoms with Crippen molar-refractivity contribution in [3.8, 4) is 0 Å². The van der Waals surface area contributed by atoms with E-state index in [1.54, 1.807) is 5.57 Å². The topological polar surface area (TPSA) is 9.23 Å². The van der Waals surface area contributed by atoms with E-state index in [1.807, 2.05) is 0 Å².